The van der Waals surface area contributed by atoms with E-state index in [1.165, 1.54) is 30.2 Å². The Kier molecular flexibility index (Phi) is 3.35. The molecule has 0 aromatic heterocycles. The van der Waals surface area contributed by atoms with Crippen LogP contribution in [-0.2, 0) is 4.74 Å². The van der Waals surface area contributed by atoms with Crippen molar-refractivity contribution in [2.75, 3.05) is 19.0 Å². The molecule has 0 radical (unpaired) electrons. The zero-order chi connectivity index (χ0) is 11.7. The normalized spacial score (nSPS) is 37.4. The monoisotopic (exact) mass is 254 g/mol. The Morgan fingerprint density at radius 2 is 2.29 bits per heavy atom. The standard InChI is InChI=1S/C13H22N2OS/c1-2-3-10-8-11(10)14-12-15-13(9-17-12)4-6-16-7-5-13/h10-11H,2-9H2,1H3,(H,14,15). The molecule has 1 saturated carbocycles. The van der Waals surface area contributed by atoms with Crippen molar-refractivity contribution in [3.05, 3.63) is 0 Å². The highest BCUT2D eigenvalue weighted by Gasteiger charge is 2.41. The summed E-state index contributed by atoms with van der Waals surface area (Å²) in [4.78, 5) is 4.86. The summed E-state index contributed by atoms with van der Waals surface area (Å²) in [7, 11) is 0. The molecule has 1 aliphatic carbocycles. The van der Waals surface area contributed by atoms with E-state index in [0.717, 1.165) is 32.0 Å². The van der Waals surface area contributed by atoms with Gasteiger partial charge < -0.3 is 10.1 Å². The Balaban J connectivity index is 1.55. The molecule has 3 nitrogen and oxygen atoms in total. The van der Waals surface area contributed by atoms with Crippen molar-refractivity contribution in [2.24, 2.45) is 10.9 Å². The molecular weight excluding hydrogens is 232 g/mol. The third-order valence-electron chi connectivity index (χ3n) is 4.13. The van der Waals surface area contributed by atoms with E-state index in [1.807, 2.05) is 11.8 Å². The van der Waals surface area contributed by atoms with Gasteiger partial charge >= 0.3 is 0 Å². The maximum absolute atomic E-state index is 5.44. The van der Waals surface area contributed by atoms with Gasteiger partial charge in [0.15, 0.2) is 5.17 Å². The van der Waals surface area contributed by atoms with Crippen LogP contribution in [0.5, 0.6) is 0 Å². The minimum Gasteiger partial charge on any atom is -0.381 e. The summed E-state index contributed by atoms with van der Waals surface area (Å²) in [6.45, 7) is 4.08. The third-order valence-corrected chi connectivity index (χ3v) is 5.31. The number of rotatable bonds is 3. The van der Waals surface area contributed by atoms with Crippen molar-refractivity contribution in [1.82, 2.24) is 5.32 Å². The average molecular weight is 254 g/mol. The molecule has 17 heavy (non-hydrogen) atoms. The lowest BCUT2D eigenvalue weighted by molar-refractivity contribution is 0.0555. The van der Waals surface area contributed by atoms with Crippen LogP contribution < -0.4 is 5.32 Å². The van der Waals surface area contributed by atoms with Gasteiger partial charge in [0.05, 0.1) is 11.6 Å². The summed E-state index contributed by atoms with van der Waals surface area (Å²) < 4.78 is 5.44. The smallest absolute Gasteiger partial charge is 0.157 e. The summed E-state index contributed by atoms with van der Waals surface area (Å²) in [5, 5.41) is 4.88. The van der Waals surface area contributed by atoms with Crippen LogP contribution >= 0.6 is 11.8 Å². The molecule has 0 aromatic carbocycles. The summed E-state index contributed by atoms with van der Waals surface area (Å²) >= 11 is 1.92. The molecule has 96 valence electrons. The number of nitrogens with one attached hydrogen (secondary N) is 1. The fourth-order valence-electron chi connectivity index (χ4n) is 2.83. The Hall–Kier alpha value is -0.220. The van der Waals surface area contributed by atoms with Crippen LogP contribution in [0.15, 0.2) is 4.99 Å². The summed E-state index contributed by atoms with van der Waals surface area (Å²) in [5.41, 5.74) is 0.302. The SMILES string of the molecule is CCCC1CC1N=C1NC2(CCOCC2)CS1. The van der Waals surface area contributed by atoms with Crippen LogP contribution in [0, 0.1) is 5.92 Å². The number of nitrogens with zero attached hydrogens (tertiary/aromatic N) is 1. The van der Waals surface area contributed by atoms with Gasteiger partial charge in [0.2, 0.25) is 0 Å². The van der Waals surface area contributed by atoms with E-state index in [9.17, 15) is 0 Å². The first-order valence-corrected chi connectivity index (χ1v) is 7.86. The molecule has 3 fully saturated rings. The fraction of sp³-hybridized carbons (Fsp3) is 0.923. The molecule has 2 heterocycles. The molecule has 0 bridgehead atoms. The minimum absolute atomic E-state index is 0.302. The van der Waals surface area contributed by atoms with E-state index in [4.69, 9.17) is 9.73 Å². The molecular formula is C13H22N2OS. The van der Waals surface area contributed by atoms with Gasteiger partial charge in [-0.05, 0) is 31.6 Å². The zero-order valence-corrected chi connectivity index (χ0v) is 11.4. The van der Waals surface area contributed by atoms with Gasteiger partial charge in [0, 0.05) is 19.0 Å². The van der Waals surface area contributed by atoms with E-state index in [1.54, 1.807) is 0 Å². The molecule has 2 atom stereocenters. The largest absolute Gasteiger partial charge is 0.381 e. The second kappa shape index (κ2) is 4.81. The maximum Gasteiger partial charge on any atom is 0.157 e. The average Bonchev–Trinajstić information content (AvgIpc) is 2.94. The van der Waals surface area contributed by atoms with Gasteiger partial charge in [-0.25, -0.2) is 0 Å². The number of thioether (sulfide) groups is 1. The molecule has 2 unspecified atom stereocenters. The number of hydrogen-bond acceptors (Lipinski definition) is 3. The predicted octanol–water partition coefficient (Wildman–Crippen LogP) is 2.42. The van der Waals surface area contributed by atoms with Crippen molar-refractivity contribution in [1.29, 1.82) is 0 Å². The quantitative estimate of drug-likeness (QED) is 0.840. The van der Waals surface area contributed by atoms with Gasteiger partial charge in [0.1, 0.15) is 0 Å². The lowest BCUT2D eigenvalue weighted by Gasteiger charge is -2.32. The topological polar surface area (TPSA) is 33.6 Å². The maximum atomic E-state index is 5.44. The Labute approximate surface area is 108 Å². The third kappa shape index (κ3) is 2.63. The molecule has 3 rings (SSSR count). The first-order chi connectivity index (χ1) is 8.31. The van der Waals surface area contributed by atoms with Gasteiger partial charge in [-0.2, -0.15) is 0 Å². The van der Waals surface area contributed by atoms with Crippen LogP contribution in [0.4, 0.5) is 0 Å². The molecule has 1 N–H and O–H groups in total. The Morgan fingerprint density at radius 3 is 3.06 bits per heavy atom. The lowest BCUT2D eigenvalue weighted by Crippen LogP contribution is -2.48. The summed E-state index contributed by atoms with van der Waals surface area (Å²) in [6, 6.07) is 0.625. The van der Waals surface area contributed by atoms with E-state index in [-0.39, 0.29) is 0 Å². The van der Waals surface area contributed by atoms with Gasteiger partial charge in [-0.1, -0.05) is 25.1 Å². The number of hydrogen-bond donors (Lipinski definition) is 1. The minimum atomic E-state index is 0.302. The number of aliphatic imine (C=N–C) groups is 1. The second-order valence-electron chi connectivity index (χ2n) is 5.59. The first kappa shape index (κ1) is 11.8. The molecule has 2 saturated heterocycles. The van der Waals surface area contributed by atoms with Crippen molar-refractivity contribution in [2.45, 2.75) is 50.6 Å². The van der Waals surface area contributed by atoms with E-state index < -0.39 is 0 Å². The van der Waals surface area contributed by atoms with Crippen LogP contribution in [0.1, 0.15) is 39.0 Å². The number of amidine groups is 1. The highest BCUT2D eigenvalue weighted by atomic mass is 32.2. The highest BCUT2D eigenvalue weighted by molar-refractivity contribution is 8.14. The first-order valence-electron chi connectivity index (χ1n) is 6.88. The van der Waals surface area contributed by atoms with Gasteiger partial charge in [0.25, 0.3) is 0 Å². The molecule has 0 aromatic rings. The fourth-order valence-corrected chi connectivity index (χ4v) is 4.10. The van der Waals surface area contributed by atoms with Crippen molar-refractivity contribution in [3.63, 3.8) is 0 Å². The van der Waals surface area contributed by atoms with Crippen LogP contribution in [-0.4, -0.2) is 35.7 Å². The van der Waals surface area contributed by atoms with Crippen molar-refractivity contribution < 1.29 is 4.74 Å². The summed E-state index contributed by atoms with van der Waals surface area (Å²) in [5.74, 6) is 2.06. The van der Waals surface area contributed by atoms with E-state index in [2.05, 4.69) is 12.2 Å². The predicted molar refractivity (Wildman–Crippen MR) is 72.6 cm³/mol. The van der Waals surface area contributed by atoms with E-state index in [0.29, 0.717) is 11.6 Å². The summed E-state index contributed by atoms with van der Waals surface area (Å²) in [6.07, 6.45) is 6.25. The second-order valence-corrected chi connectivity index (χ2v) is 6.56. The van der Waals surface area contributed by atoms with E-state index >= 15 is 0 Å². The van der Waals surface area contributed by atoms with Crippen molar-refractivity contribution >= 4 is 16.9 Å². The molecule has 2 aliphatic heterocycles. The highest BCUT2D eigenvalue weighted by Crippen LogP contribution is 2.40. The van der Waals surface area contributed by atoms with Crippen LogP contribution in [0.2, 0.25) is 0 Å². The Morgan fingerprint density at radius 1 is 1.47 bits per heavy atom. The Bertz CT molecular complexity index is 313. The van der Waals surface area contributed by atoms with Crippen molar-refractivity contribution in [3.8, 4) is 0 Å². The van der Waals surface area contributed by atoms with Crippen LogP contribution in [0.25, 0.3) is 0 Å². The number of ether oxygens (including phenoxy) is 1. The molecule has 0 amide bonds. The molecule has 4 heteroatoms. The molecule has 1 spiro atoms. The molecule has 3 aliphatic rings. The van der Waals surface area contributed by atoms with Gasteiger partial charge in [-0.15, -0.1) is 0 Å². The van der Waals surface area contributed by atoms with Crippen LogP contribution in [0.3, 0.4) is 0 Å². The lowest BCUT2D eigenvalue weighted by atomic mass is 9.93. The van der Waals surface area contributed by atoms with Gasteiger partial charge in [-0.3, -0.25) is 4.99 Å². The zero-order valence-electron chi connectivity index (χ0n) is 10.6.